The Kier molecular flexibility index (Phi) is 13.3. The van der Waals surface area contributed by atoms with Crippen LogP contribution in [0.25, 0.3) is 0 Å². The van der Waals surface area contributed by atoms with Crippen LogP contribution in [-0.4, -0.2) is 32.6 Å². The van der Waals surface area contributed by atoms with E-state index in [0.717, 1.165) is 19.4 Å². The smallest absolute Gasteiger partial charge is 0.146 e. The second-order valence-electron chi connectivity index (χ2n) is 4.58. The minimum Gasteiger partial charge on any atom is -0.383 e. The van der Waals surface area contributed by atoms with Crippen LogP contribution in [0.15, 0.2) is 0 Å². The second-order valence-corrected chi connectivity index (χ2v) is 4.58. The Bertz CT molecular complexity index is 172. The van der Waals surface area contributed by atoms with Crippen molar-refractivity contribution in [3.05, 3.63) is 0 Å². The van der Waals surface area contributed by atoms with Gasteiger partial charge in [-0.3, -0.25) is 4.79 Å². The van der Waals surface area contributed by atoms with E-state index in [1.807, 2.05) is 0 Å². The molecule has 0 aromatic heterocycles. The minimum atomic E-state index is 0.328. The summed E-state index contributed by atoms with van der Waals surface area (Å²) in [6.45, 7) is 4.17. The van der Waals surface area contributed by atoms with Gasteiger partial charge in [-0.25, -0.2) is 0 Å². The van der Waals surface area contributed by atoms with E-state index in [2.05, 4.69) is 12.2 Å². The van der Waals surface area contributed by atoms with E-state index in [0.29, 0.717) is 18.9 Å². The minimum absolute atomic E-state index is 0.328. The first-order chi connectivity index (χ1) is 8.31. The molecule has 102 valence electrons. The fraction of sp³-hybridized carbons (Fsp3) is 0.929. The van der Waals surface area contributed by atoms with Gasteiger partial charge in [0.05, 0.1) is 13.2 Å². The molecule has 0 aromatic rings. The van der Waals surface area contributed by atoms with Crippen LogP contribution < -0.4 is 5.32 Å². The van der Waals surface area contributed by atoms with E-state index in [-0.39, 0.29) is 0 Å². The number of unbranched alkanes of at least 4 members (excludes halogenated alkanes) is 6. The lowest BCUT2D eigenvalue weighted by Gasteiger charge is -2.03. The van der Waals surface area contributed by atoms with Crippen LogP contribution in [0, 0.1) is 0 Å². The summed E-state index contributed by atoms with van der Waals surface area (Å²) in [5, 5.41) is 3.08. The molecule has 0 heterocycles. The maximum Gasteiger partial charge on any atom is 0.146 e. The Balaban J connectivity index is 3.11. The van der Waals surface area contributed by atoms with Crippen LogP contribution in [0.1, 0.15) is 58.3 Å². The molecule has 0 fully saturated rings. The van der Waals surface area contributed by atoms with Gasteiger partial charge in [0.1, 0.15) is 5.78 Å². The number of hydrogen-bond acceptors (Lipinski definition) is 3. The summed E-state index contributed by atoms with van der Waals surface area (Å²) in [5.41, 5.74) is 0. The van der Waals surface area contributed by atoms with E-state index in [4.69, 9.17) is 4.74 Å². The first-order valence-electron chi connectivity index (χ1n) is 7.02. The molecule has 0 aliphatic heterocycles. The Hall–Kier alpha value is -0.410. The summed E-state index contributed by atoms with van der Waals surface area (Å²) in [6, 6.07) is 0. The number of ether oxygens (including phenoxy) is 1. The van der Waals surface area contributed by atoms with Gasteiger partial charge in [-0.05, 0) is 6.42 Å². The zero-order valence-corrected chi connectivity index (χ0v) is 11.6. The molecule has 0 spiro atoms. The molecule has 0 saturated heterocycles. The molecule has 17 heavy (non-hydrogen) atoms. The molecule has 0 radical (unpaired) electrons. The zero-order valence-electron chi connectivity index (χ0n) is 11.6. The number of carbonyl (C=O) groups excluding carboxylic acids is 1. The van der Waals surface area contributed by atoms with Crippen LogP contribution in [0.5, 0.6) is 0 Å². The van der Waals surface area contributed by atoms with Crippen LogP contribution in [0.2, 0.25) is 0 Å². The molecule has 0 aromatic carbocycles. The van der Waals surface area contributed by atoms with Crippen LogP contribution >= 0.6 is 0 Å². The molecule has 0 bridgehead atoms. The molecule has 0 amide bonds. The molecular formula is C14H29NO2. The van der Waals surface area contributed by atoms with Gasteiger partial charge in [0.15, 0.2) is 0 Å². The molecule has 0 atom stereocenters. The first-order valence-corrected chi connectivity index (χ1v) is 7.02. The van der Waals surface area contributed by atoms with E-state index in [9.17, 15) is 4.79 Å². The van der Waals surface area contributed by atoms with Gasteiger partial charge in [-0.1, -0.05) is 45.4 Å². The van der Waals surface area contributed by atoms with E-state index >= 15 is 0 Å². The van der Waals surface area contributed by atoms with Crippen molar-refractivity contribution < 1.29 is 9.53 Å². The van der Waals surface area contributed by atoms with Crippen molar-refractivity contribution >= 4 is 5.78 Å². The van der Waals surface area contributed by atoms with Crippen LogP contribution in [0.3, 0.4) is 0 Å². The number of Topliss-reactive ketones (excluding diaryl/α,β-unsaturated/α-hetero) is 1. The van der Waals surface area contributed by atoms with Gasteiger partial charge in [0.2, 0.25) is 0 Å². The average Bonchev–Trinajstić information content (AvgIpc) is 2.33. The number of rotatable bonds is 13. The fourth-order valence-corrected chi connectivity index (χ4v) is 1.77. The lowest BCUT2D eigenvalue weighted by Crippen LogP contribution is -2.26. The predicted molar refractivity (Wildman–Crippen MR) is 72.4 cm³/mol. The molecular weight excluding hydrogens is 214 g/mol. The Labute approximate surface area is 106 Å². The Morgan fingerprint density at radius 3 is 2.35 bits per heavy atom. The Morgan fingerprint density at radius 2 is 1.71 bits per heavy atom. The monoisotopic (exact) mass is 243 g/mol. The van der Waals surface area contributed by atoms with Crippen molar-refractivity contribution in [3.63, 3.8) is 0 Å². The highest BCUT2D eigenvalue weighted by Crippen LogP contribution is 2.08. The van der Waals surface area contributed by atoms with E-state index in [1.54, 1.807) is 7.11 Å². The molecule has 0 unspecified atom stereocenters. The quantitative estimate of drug-likeness (QED) is 0.505. The summed E-state index contributed by atoms with van der Waals surface area (Å²) in [7, 11) is 1.67. The maximum absolute atomic E-state index is 11.4. The fourth-order valence-electron chi connectivity index (χ4n) is 1.77. The van der Waals surface area contributed by atoms with Crippen molar-refractivity contribution in [1.29, 1.82) is 0 Å². The third kappa shape index (κ3) is 13.5. The molecule has 0 saturated carbocycles. The predicted octanol–water partition coefficient (Wildman–Crippen LogP) is 2.93. The third-order valence-corrected chi connectivity index (χ3v) is 2.86. The van der Waals surface area contributed by atoms with Gasteiger partial charge >= 0.3 is 0 Å². The van der Waals surface area contributed by atoms with Crippen molar-refractivity contribution in [2.75, 3.05) is 26.8 Å². The number of hydrogen-bond donors (Lipinski definition) is 1. The summed E-state index contributed by atoms with van der Waals surface area (Å²) in [4.78, 5) is 11.4. The SMILES string of the molecule is CCCCCCCCCC(=O)CNCCOC. The molecule has 0 aliphatic carbocycles. The highest BCUT2D eigenvalue weighted by molar-refractivity contribution is 5.80. The third-order valence-electron chi connectivity index (χ3n) is 2.86. The standard InChI is InChI=1S/C14H29NO2/c1-3-4-5-6-7-8-9-10-14(16)13-15-11-12-17-2/h15H,3-13H2,1-2H3. The van der Waals surface area contributed by atoms with Gasteiger partial charge in [0.25, 0.3) is 0 Å². The number of methoxy groups -OCH3 is 1. The molecule has 1 N–H and O–H groups in total. The van der Waals surface area contributed by atoms with Gasteiger partial charge in [-0.15, -0.1) is 0 Å². The Morgan fingerprint density at radius 1 is 1.06 bits per heavy atom. The molecule has 3 heteroatoms. The van der Waals surface area contributed by atoms with Crippen molar-refractivity contribution in [3.8, 4) is 0 Å². The van der Waals surface area contributed by atoms with Crippen molar-refractivity contribution in [2.24, 2.45) is 0 Å². The van der Waals surface area contributed by atoms with Crippen LogP contribution in [-0.2, 0) is 9.53 Å². The summed E-state index contributed by atoms with van der Waals surface area (Å²) in [6.07, 6.45) is 9.59. The highest BCUT2D eigenvalue weighted by Gasteiger charge is 2.00. The number of ketones is 1. The lowest BCUT2D eigenvalue weighted by atomic mass is 10.1. The summed E-state index contributed by atoms with van der Waals surface area (Å²) < 4.78 is 4.90. The zero-order chi connectivity index (χ0) is 12.8. The highest BCUT2D eigenvalue weighted by atomic mass is 16.5. The maximum atomic E-state index is 11.4. The second kappa shape index (κ2) is 13.7. The van der Waals surface area contributed by atoms with Crippen LogP contribution in [0.4, 0.5) is 0 Å². The summed E-state index contributed by atoms with van der Waals surface area (Å²) >= 11 is 0. The van der Waals surface area contributed by atoms with Gasteiger partial charge < -0.3 is 10.1 Å². The number of nitrogens with one attached hydrogen (secondary N) is 1. The topological polar surface area (TPSA) is 38.3 Å². The van der Waals surface area contributed by atoms with E-state index < -0.39 is 0 Å². The normalized spacial score (nSPS) is 10.7. The van der Waals surface area contributed by atoms with Gasteiger partial charge in [0, 0.05) is 20.1 Å². The molecule has 0 aliphatic rings. The summed E-state index contributed by atoms with van der Waals surface area (Å²) in [5.74, 6) is 0.328. The number of carbonyl (C=O) groups is 1. The largest absolute Gasteiger partial charge is 0.383 e. The van der Waals surface area contributed by atoms with Gasteiger partial charge in [-0.2, -0.15) is 0 Å². The first kappa shape index (κ1) is 16.6. The molecule has 3 nitrogen and oxygen atoms in total. The molecule has 0 rings (SSSR count). The van der Waals surface area contributed by atoms with E-state index in [1.165, 1.54) is 38.5 Å². The average molecular weight is 243 g/mol. The van der Waals surface area contributed by atoms with Crippen molar-refractivity contribution in [1.82, 2.24) is 5.32 Å². The lowest BCUT2D eigenvalue weighted by molar-refractivity contribution is -0.118. The van der Waals surface area contributed by atoms with Crippen molar-refractivity contribution in [2.45, 2.75) is 58.3 Å².